The molecule has 4 nitrogen and oxygen atoms in total. The fourth-order valence-corrected chi connectivity index (χ4v) is 2.15. The SMILES string of the molecule is CN1CCN(c2ccc(Cl)cc2)CC1C(=O)O. The highest BCUT2D eigenvalue weighted by molar-refractivity contribution is 6.30. The Hall–Kier alpha value is -1.26. The highest BCUT2D eigenvalue weighted by Crippen LogP contribution is 2.20. The molecule has 1 aliphatic rings. The number of piperazine rings is 1. The minimum atomic E-state index is -0.772. The lowest BCUT2D eigenvalue weighted by Gasteiger charge is -2.38. The Morgan fingerprint density at radius 1 is 1.35 bits per heavy atom. The van der Waals surface area contributed by atoms with Crippen LogP contribution >= 0.6 is 11.6 Å². The Morgan fingerprint density at radius 2 is 2.00 bits per heavy atom. The molecule has 1 saturated heterocycles. The van der Waals surface area contributed by atoms with Crippen LogP contribution in [0.2, 0.25) is 5.02 Å². The molecule has 1 heterocycles. The summed E-state index contributed by atoms with van der Waals surface area (Å²) in [5.74, 6) is -0.772. The van der Waals surface area contributed by atoms with Gasteiger partial charge in [-0.1, -0.05) is 11.6 Å². The van der Waals surface area contributed by atoms with Crippen molar-refractivity contribution in [1.82, 2.24) is 4.90 Å². The second-order valence-corrected chi connectivity index (χ2v) is 4.69. The van der Waals surface area contributed by atoms with E-state index in [1.54, 1.807) is 0 Å². The molecule has 5 heteroatoms. The van der Waals surface area contributed by atoms with E-state index >= 15 is 0 Å². The van der Waals surface area contributed by atoms with Gasteiger partial charge in [-0.3, -0.25) is 9.69 Å². The number of likely N-dealkylation sites (N-methyl/N-ethyl adjacent to an activating group) is 1. The monoisotopic (exact) mass is 254 g/mol. The molecule has 0 aromatic heterocycles. The van der Waals surface area contributed by atoms with Crippen molar-refractivity contribution >= 4 is 23.3 Å². The summed E-state index contributed by atoms with van der Waals surface area (Å²) in [5, 5.41) is 9.82. The lowest BCUT2D eigenvalue weighted by atomic mass is 10.1. The summed E-state index contributed by atoms with van der Waals surface area (Å²) >= 11 is 5.83. The van der Waals surface area contributed by atoms with Crippen LogP contribution in [0.3, 0.4) is 0 Å². The third kappa shape index (κ3) is 2.70. The standard InChI is InChI=1S/C12H15ClN2O2/c1-14-6-7-15(8-11(14)12(16)17)10-4-2-9(13)3-5-10/h2-5,11H,6-8H2,1H3,(H,16,17). The van der Waals surface area contributed by atoms with E-state index in [2.05, 4.69) is 4.90 Å². The summed E-state index contributed by atoms with van der Waals surface area (Å²) in [6.45, 7) is 2.09. The molecular weight excluding hydrogens is 240 g/mol. The molecule has 2 rings (SSSR count). The number of rotatable bonds is 2. The Bertz CT molecular complexity index is 407. The molecule has 1 unspecified atom stereocenters. The largest absolute Gasteiger partial charge is 0.480 e. The molecule has 1 aromatic rings. The van der Waals surface area contributed by atoms with Gasteiger partial charge in [0, 0.05) is 30.3 Å². The first-order valence-electron chi connectivity index (χ1n) is 5.51. The second kappa shape index (κ2) is 4.94. The topological polar surface area (TPSA) is 43.8 Å². The van der Waals surface area contributed by atoms with Gasteiger partial charge in [-0.2, -0.15) is 0 Å². The van der Waals surface area contributed by atoms with Gasteiger partial charge in [-0.25, -0.2) is 0 Å². The number of benzene rings is 1. The summed E-state index contributed by atoms with van der Waals surface area (Å²) in [6, 6.07) is 7.05. The van der Waals surface area contributed by atoms with Crippen LogP contribution in [0.15, 0.2) is 24.3 Å². The van der Waals surface area contributed by atoms with Gasteiger partial charge in [0.2, 0.25) is 0 Å². The van der Waals surface area contributed by atoms with Gasteiger partial charge in [0.05, 0.1) is 0 Å². The molecule has 1 aliphatic heterocycles. The highest BCUT2D eigenvalue weighted by Gasteiger charge is 2.29. The molecule has 0 spiro atoms. The maximum Gasteiger partial charge on any atom is 0.322 e. The smallest absolute Gasteiger partial charge is 0.322 e. The van der Waals surface area contributed by atoms with Crippen molar-refractivity contribution in [2.45, 2.75) is 6.04 Å². The van der Waals surface area contributed by atoms with Crippen molar-refractivity contribution in [3.05, 3.63) is 29.3 Å². The quantitative estimate of drug-likeness (QED) is 0.870. The lowest BCUT2D eigenvalue weighted by molar-refractivity contribution is -0.142. The zero-order valence-corrected chi connectivity index (χ0v) is 10.4. The Balaban J connectivity index is 2.13. The number of nitrogens with zero attached hydrogens (tertiary/aromatic N) is 2. The van der Waals surface area contributed by atoms with Gasteiger partial charge >= 0.3 is 5.97 Å². The molecule has 0 saturated carbocycles. The summed E-state index contributed by atoms with van der Waals surface area (Å²) in [5.41, 5.74) is 1.02. The minimum absolute atomic E-state index is 0.445. The van der Waals surface area contributed by atoms with Gasteiger partial charge < -0.3 is 10.0 Å². The summed E-state index contributed by atoms with van der Waals surface area (Å²) in [7, 11) is 1.85. The van der Waals surface area contributed by atoms with Gasteiger partial charge in [0.25, 0.3) is 0 Å². The molecule has 1 aromatic carbocycles. The molecule has 0 amide bonds. The number of hydrogen-bond acceptors (Lipinski definition) is 3. The van der Waals surface area contributed by atoms with Gasteiger partial charge in [0.15, 0.2) is 0 Å². The van der Waals surface area contributed by atoms with E-state index in [-0.39, 0.29) is 0 Å². The van der Waals surface area contributed by atoms with E-state index in [1.165, 1.54) is 0 Å². The first kappa shape index (κ1) is 12.2. The molecule has 1 N–H and O–H groups in total. The molecule has 1 atom stereocenters. The van der Waals surface area contributed by atoms with Crippen molar-refractivity contribution in [3.8, 4) is 0 Å². The number of anilines is 1. The zero-order valence-electron chi connectivity index (χ0n) is 9.64. The minimum Gasteiger partial charge on any atom is -0.480 e. The first-order chi connectivity index (χ1) is 8.08. The number of aliphatic carboxylic acids is 1. The van der Waals surface area contributed by atoms with E-state index in [0.29, 0.717) is 11.6 Å². The van der Waals surface area contributed by atoms with Crippen molar-refractivity contribution in [3.63, 3.8) is 0 Å². The fraction of sp³-hybridized carbons (Fsp3) is 0.417. The van der Waals surface area contributed by atoms with Crippen molar-refractivity contribution in [2.75, 3.05) is 31.6 Å². The fourth-order valence-electron chi connectivity index (χ4n) is 2.03. The van der Waals surface area contributed by atoms with Crippen LogP contribution in [0, 0.1) is 0 Å². The summed E-state index contributed by atoms with van der Waals surface area (Å²) in [6.07, 6.45) is 0. The highest BCUT2D eigenvalue weighted by atomic mass is 35.5. The Labute approximate surface area is 105 Å². The lowest BCUT2D eigenvalue weighted by Crippen LogP contribution is -2.54. The van der Waals surface area contributed by atoms with Gasteiger partial charge in [0.1, 0.15) is 6.04 Å². The molecule has 92 valence electrons. The van der Waals surface area contributed by atoms with Crippen LogP contribution in [-0.2, 0) is 4.79 Å². The van der Waals surface area contributed by atoms with Crippen molar-refractivity contribution in [1.29, 1.82) is 0 Å². The maximum absolute atomic E-state index is 11.1. The predicted molar refractivity (Wildman–Crippen MR) is 67.7 cm³/mol. The Kier molecular flexibility index (Phi) is 3.54. The van der Waals surface area contributed by atoms with Crippen LogP contribution in [0.25, 0.3) is 0 Å². The molecule has 17 heavy (non-hydrogen) atoms. The van der Waals surface area contributed by atoms with Crippen molar-refractivity contribution in [2.24, 2.45) is 0 Å². The summed E-state index contributed by atoms with van der Waals surface area (Å²) in [4.78, 5) is 15.1. The number of carbonyl (C=O) groups is 1. The van der Waals surface area contributed by atoms with E-state index in [9.17, 15) is 4.79 Å². The average Bonchev–Trinajstić information content (AvgIpc) is 2.30. The van der Waals surface area contributed by atoms with Crippen LogP contribution in [0.5, 0.6) is 0 Å². The Morgan fingerprint density at radius 3 is 2.59 bits per heavy atom. The molecule has 0 radical (unpaired) electrons. The van der Waals surface area contributed by atoms with Crippen LogP contribution in [-0.4, -0.2) is 48.7 Å². The van der Waals surface area contributed by atoms with Crippen LogP contribution in [0.1, 0.15) is 0 Å². The number of carboxylic acid groups (broad SMARTS) is 1. The van der Waals surface area contributed by atoms with Crippen LogP contribution in [0.4, 0.5) is 5.69 Å². The molecular formula is C12H15ClN2O2. The van der Waals surface area contributed by atoms with Crippen molar-refractivity contribution < 1.29 is 9.90 Å². The van der Waals surface area contributed by atoms with E-state index in [0.717, 1.165) is 18.8 Å². The number of halogens is 1. The van der Waals surface area contributed by atoms with Gasteiger partial charge in [-0.15, -0.1) is 0 Å². The average molecular weight is 255 g/mol. The van der Waals surface area contributed by atoms with E-state index in [1.807, 2.05) is 36.2 Å². The number of carboxylic acids is 1. The van der Waals surface area contributed by atoms with E-state index < -0.39 is 12.0 Å². The second-order valence-electron chi connectivity index (χ2n) is 4.26. The summed E-state index contributed by atoms with van der Waals surface area (Å²) < 4.78 is 0. The molecule has 0 bridgehead atoms. The first-order valence-corrected chi connectivity index (χ1v) is 5.89. The third-order valence-electron chi connectivity index (χ3n) is 3.12. The van der Waals surface area contributed by atoms with E-state index in [4.69, 9.17) is 16.7 Å². The normalized spacial score (nSPS) is 21.5. The molecule has 0 aliphatic carbocycles. The van der Waals surface area contributed by atoms with Gasteiger partial charge in [-0.05, 0) is 31.3 Å². The maximum atomic E-state index is 11.1. The predicted octanol–water partition coefficient (Wildman–Crippen LogP) is 1.54. The third-order valence-corrected chi connectivity index (χ3v) is 3.38. The zero-order chi connectivity index (χ0) is 12.4. The number of hydrogen-bond donors (Lipinski definition) is 1. The van der Waals surface area contributed by atoms with Crippen LogP contribution < -0.4 is 4.90 Å². The molecule has 1 fully saturated rings.